The van der Waals surface area contributed by atoms with E-state index in [2.05, 4.69) is 19.4 Å². The third kappa shape index (κ3) is 15.5. The van der Waals surface area contributed by atoms with Crippen molar-refractivity contribution in [2.45, 2.75) is 129 Å². The van der Waals surface area contributed by atoms with Crippen molar-refractivity contribution in [1.82, 2.24) is 0 Å². The smallest absolute Gasteiger partial charge is 0.326 e. The Morgan fingerprint density at radius 1 is 0.824 bits per heavy atom. The fourth-order valence-electron chi connectivity index (χ4n) is 4.41. The van der Waals surface area contributed by atoms with Gasteiger partial charge < -0.3 is 19.3 Å². The second-order valence-electron chi connectivity index (χ2n) is 10.5. The molecule has 0 saturated carbocycles. The number of methoxy groups -OCH3 is 1. The number of hydrogen-bond acceptors (Lipinski definition) is 5. The Morgan fingerprint density at radius 2 is 1.29 bits per heavy atom. The zero-order valence-corrected chi connectivity index (χ0v) is 23.9. The monoisotopic (exact) mass is 504 g/mol. The minimum Gasteiger partial charge on any atom is -0.501 e. The molecule has 0 bridgehead atoms. The summed E-state index contributed by atoms with van der Waals surface area (Å²) in [5.41, 5.74) is 0. The van der Waals surface area contributed by atoms with Crippen molar-refractivity contribution < 1.29 is 24.1 Å². The average Bonchev–Trinajstić information content (AvgIpc) is 3.06. The highest BCUT2D eigenvalue weighted by Crippen LogP contribution is 2.41. The molecule has 1 aliphatic heterocycles. The van der Waals surface area contributed by atoms with Crippen LogP contribution in [0.15, 0.2) is 12.0 Å². The van der Waals surface area contributed by atoms with E-state index >= 15 is 0 Å². The van der Waals surface area contributed by atoms with E-state index in [1.807, 2.05) is 0 Å². The van der Waals surface area contributed by atoms with E-state index in [0.29, 0.717) is 6.61 Å². The first-order valence-electron chi connectivity index (χ1n) is 13.9. The van der Waals surface area contributed by atoms with Crippen LogP contribution in [0.4, 0.5) is 0 Å². The van der Waals surface area contributed by atoms with Crippen molar-refractivity contribution >= 4 is 10.0 Å². The van der Waals surface area contributed by atoms with E-state index in [1.54, 1.807) is 6.92 Å². The van der Waals surface area contributed by atoms with Crippen molar-refractivity contribution in [2.24, 2.45) is 0 Å². The first-order valence-corrected chi connectivity index (χ1v) is 16.7. The molecule has 2 unspecified atom stereocenters. The van der Waals surface area contributed by atoms with Crippen LogP contribution in [0.2, 0.25) is 0 Å². The van der Waals surface area contributed by atoms with Gasteiger partial charge in [0.25, 0.3) is 0 Å². The van der Waals surface area contributed by atoms with Gasteiger partial charge >= 0.3 is 5.97 Å². The topological polar surface area (TPSA) is 57.2 Å². The zero-order valence-electron chi connectivity index (χ0n) is 23.1. The van der Waals surface area contributed by atoms with E-state index in [4.69, 9.17) is 18.9 Å². The summed E-state index contributed by atoms with van der Waals surface area (Å²) in [5.74, 6) is 1.29. The van der Waals surface area contributed by atoms with Crippen LogP contribution in [0, 0.1) is 0 Å². The second kappa shape index (κ2) is 18.8. The van der Waals surface area contributed by atoms with Crippen molar-refractivity contribution in [3.63, 3.8) is 0 Å². The third-order valence-corrected chi connectivity index (χ3v) is 9.32. The summed E-state index contributed by atoms with van der Waals surface area (Å²) in [6.45, 7) is 4.53. The second-order valence-corrected chi connectivity index (χ2v) is 14.9. The van der Waals surface area contributed by atoms with Gasteiger partial charge in [0.05, 0.1) is 13.7 Å². The maximum Gasteiger partial charge on any atom is 0.326 e. The lowest BCUT2D eigenvalue weighted by Gasteiger charge is -2.32. The van der Waals surface area contributed by atoms with Gasteiger partial charge in [-0.2, -0.15) is 0 Å². The Morgan fingerprint density at radius 3 is 1.76 bits per heavy atom. The molecule has 1 aliphatic rings. The van der Waals surface area contributed by atoms with Gasteiger partial charge in [-0.1, -0.05) is 103 Å². The molecule has 34 heavy (non-hydrogen) atoms. The lowest BCUT2D eigenvalue weighted by atomic mass is 10.0. The largest absolute Gasteiger partial charge is 0.501 e. The van der Waals surface area contributed by atoms with Gasteiger partial charge in [0.1, 0.15) is 6.26 Å². The van der Waals surface area contributed by atoms with Crippen molar-refractivity contribution in [2.75, 3.05) is 37.7 Å². The predicted molar refractivity (Wildman–Crippen MR) is 146 cm³/mol. The van der Waals surface area contributed by atoms with Crippen LogP contribution in [-0.4, -0.2) is 55.1 Å². The van der Waals surface area contributed by atoms with Crippen LogP contribution in [0.3, 0.4) is 0 Å². The summed E-state index contributed by atoms with van der Waals surface area (Å²) in [4.78, 5) is 0. The summed E-state index contributed by atoms with van der Waals surface area (Å²) in [7, 11) is 0.810. The Bertz CT molecular complexity index is 525. The molecule has 5 nitrogen and oxygen atoms in total. The molecule has 2 atom stereocenters. The molecule has 1 rings (SSSR count). The highest BCUT2D eigenvalue weighted by Gasteiger charge is 2.42. The minimum absolute atomic E-state index is 0.241. The SMILES string of the molecule is CCCCCCCCCCCCCCCCCCS(C)(C)CCOC1(C)OC(=COC)C(O)O1. The maximum absolute atomic E-state index is 9.85. The molecular weight excluding hydrogens is 448 g/mol. The Labute approximate surface area is 212 Å². The van der Waals surface area contributed by atoms with Crippen LogP contribution in [0.1, 0.15) is 117 Å². The number of aliphatic hydroxyl groups excluding tert-OH is 1. The van der Waals surface area contributed by atoms with Gasteiger partial charge in [0, 0.05) is 12.7 Å². The van der Waals surface area contributed by atoms with Crippen LogP contribution in [0.25, 0.3) is 0 Å². The summed E-state index contributed by atoms with van der Waals surface area (Å²) in [6, 6.07) is 0. The summed E-state index contributed by atoms with van der Waals surface area (Å²) >= 11 is 0. The van der Waals surface area contributed by atoms with E-state index in [-0.39, 0.29) is 5.76 Å². The molecule has 1 fully saturated rings. The Hall–Kier alpha value is -0.430. The number of unbranched alkanes of at least 4 members (excludes halogenated alkanes) is 15. The van der Waals surface area contributed by atoms with Gasteiger partial charge in [-0.15, -0.1) is 0 Å². The van der Waals surface area contributed by atoms with E-state index < -0.39 is 22.3 Å². The molecule has 0 aromatic heterocycles. The Balaban J connectivity index is 1.93. The van der Waals surface area contributed by atoms with Gasteiger partial charge in [0.2, 0.25) is 6.29 Å². The molecule has 0 amide bonds. The first-order chi connectivity index (χ1) is 16.3. The molecule has 1 saturated heterocycles. The summed E-state index contributed by atoms with van der Waals surface area (Å²) < 4.78 is 21.7. The highest BCUT2D eigenvalue weighted by molar-refractivity contribution is 8.32. The van der Waals surface area contributed by atoms with Gasteiger partial charge in [-0.25, -0.2) is 10.0 Å². The molecule has 0 aromatic carbocycles. The first kappa shape index (κ1) is 31.6. The predicted octanol–water partition coefficient (Wildman–Crippen LogP) is 7.86. The van der Waals surface area contributed by atoms with Crippen LogP contribution in [0.5, 0.6) is 0 Å². The lowest BCUT2D eigenvalue weighted by Crippen LogP contribution is -2.32. The average molecular weight is 505 g/mol. The summed E-state index contributed by atoms with van der Waals surface area (Å²) in [5, 5.41) is 9.85. The minimum atomic E-state index is -1.24. The third-order valence-electron chi connectivity index (χ3n) is 6.66. The highest BCUT2D eigenvalue weighted by atomic mass is 32.3. The van der Waals surface area contributed by atoms with Crippen molar-refractivity contribution in [3.05, 3.63) is 12.0 Å². The molecular formula is C28H56O5S. The van der Waals surface area contributed by atoms with E-state index in [9.17, 15) is 5.11 Å². The van der Waals surface area contributed by atoms with E-state index in [0.717, 1.165) is 5.75 Å². The van der Waals surface area contributed by atoms with Gasteiger partial charge in [0.15, 0.2) is 5.76 Å². The fourth-order valence-corrected chi connectivity index (χ4v) is 6.13. The normalized spacial score (nSPS) is 22.3. The molecule has 204 valence electrons. The fraction of sp³-hybridized carbons (Fsp3) is 0.929. The standard InChI is InChI=1S/C28H56O5S/c1-6-7-8-9-10-11-12-13-14-15-16-17-18-19-20-21-23-34(4,5)24-22-31-28(2)32-26(25-30-3)27(29)33-28/h25,27,29H,6-24H2,1-5H3. The molecule has 1 N–H and O–H groups in total. The molecule has 0 radical (unpaired) electrons. The number of aliphatic hydroxyl groups is 1. The molecule has 0 aromatic rings. The van der Waals surface area contributed by atoms with Crippen LogP contribution in [-0.2, 0) is 18.9 Å². The van der Waals surface area contributed by atoms with Crippen LogP contribution >= 0.6 is 10.0 Å². The maximum atomic E-state index is 9.85. The number of ether oxygens (including phenoxy) is 4. The van der Waals surface area contributed by atoms with E-state index in [1.165, 1.54) is 122 Å². The Kier molecular flexibility index (Phi) is 17.5. The van der Waals surface area contributed by atoms with Gasteiger partial charge in [-0.3, -0.25) is 4.74 Å². The zero-order chi connectivity index (χ0) is 25.1. The molecule has 0 aliphatic carbocycles. The van der Waals surface area contributed by atoms with Gasteiger partial charge in [-0.05, 0) is 24.7 Å². The molecule has 1 heterocycles. The van der Waals surface area contributed by atoms with Crippen LogP contribution < -0.4 is 0 Å². The summed E-state index contributed by atoms with van der Waals surface area (Å²) in [6.07, 6.45) is 27.5. The molecule has 0 spiro atoms. The van der Waals surface area contributed by atoms with Crippen molar-refractivity contribution in [3.8, 4) is 0 Å². The molecule has 6 heteroatoms. The quantitative estimate of drug-likeness (QED) is 0.120. The van der Waals surface area contributed by atoms with Crippen molar-refractivity contribution in [1.29, 1.82) is 0 Å². The number of hydrogen-bond donors (Lipinski definition) is 1. The lowest BCUT2D eigenvalue weighted by molar-refractivity contribution is -0.332. The number of rotatable bonds is 22.